The maximum Gasteiger partial charge on any atom is 0.430 e. The van der Waals surface area contributed by atoms with E-state index in [1.165, 1.54) is 0 Å². The van der Waals surface area contributed by atoms with E-state index in [0.717, 1.165) is 30.3 Å². The standard InChI is InChI=1S/C16H10F6O4/c17-15(18,19)14(26,16(20,21)22)11-7-9(3-6-12(11)24)13(25)8-1-4-10(23)5-2-8/h1-7,23-24,26H. The molecular formula is C16H10F6O4. The average Bonchev–Trinajstić information content (AvgIpc) is 2.52. The van der Waals surface area contributed by atoms with Crippen molar-refractivity contribution in [1.82, 2.24) is 0 Å². The van der Waals surface area contributed by atoms with Crippen molar-refractivity contribution in [2.45, 2.75) is 18.0 Å². The molecule has 0 fully saturated rings. The highest BCUT2D eigenvalue weighted by molar-refractivity contribution is 6.09. The molecule has 0 aliphatic carbocycles. The smallest absolute Gasteiger partial charge is 0.430 e. The first-order valence-electron chi connectivity index (χ1n) is 6.82. The van der Waals surface area contributed by atoms with Gasteiger partial charge in [0, 0.05) is 16.7 Å². The highest BCUT2D eigenvalue weighted by Gasteiger charge is 2.72. The first kappa shape index (κ1) is 19.6. The first-order valence-corrected chi connectivity index (χ1v) is 6.82. The predicted octanol–water partition coefficient (Wildman–Crippen LogP) is 3.64. The maximum atomic E-state index is 13.0. The van der Waals surface area contributed by atoms with E-state index >= 15 is 0 Å². The fraction of sp³-hybridized carbons (Fsp3) is 0.188. The van der Waals surface area contributed by atoms with Crippen LogP contribution in [-0.2, 0) is 5.60 Å². The number of carbonyl (C=O) groups excluding carboxylic acids is 1. The van der Waals surface area contributed by atoms with Gasteiger partial charge in [-0.3, -0.25) is 4.79 Å². The van der Waals surface area contributed by atoms with Gasteiger partial charge in [-0.15, -0.1) is 0 Å². The Balaban J connectivity index is 2.63. The van der Waals surface area contributed by atoms with Gasteiger partial charge in [-0.2, -0.15) is 26.3 Å². The van der Waals surface area contributed by atoms with Gasteiger partial charge in [0.25, 0.3) is 5.60 Å². The summed E-state index contributed by atoms with van der Waals surface area (Å²) >= 11 is 0. The van der Waals surface area contributed by atoms with Gasteiger partial charge in [0.05, 0.1) is 0 Å². The van der Waals surface area contributed by atoms with Gasteiger partial charge in [-0.1, -0.05) is 0 Å². The number of aliphatic hydroxyl groups is 1. The van der Waals surface area contributed by atoms with Crippen molar-refractivity contribution in [2.75, 3.05) is 0 Å². The second kappa shape index (κ2) is 6.20. The Hall–Kier alpha value is -2.75. The normalized spacial score (nSPS) is 12.9. The molecule has 2 aromatic rings. The van der Waals surface area contributed by atoms with Crippen molar-refractivity contribution in [3.8, 4) is 11.5 Å². The SMILES string of the molecule is O=C(c1ccc(O)cc1)c1ccc(O)c(C(O)(C(F)(F)F)C(F)(F)F)c1. The molecule has 0 saturated carbocycles. The summed E-state index contributed by atoms with van der Waals surface area (Å²) in [4.78, 5) is 12.2. The lowest BCUT2D eigenvalue weighted by atomic mass is 9.88. The number of alkyl halides is 6. The van der Waals surface area contributed by atoms with Crippen molar-refractivity contribution in [3.63, 3.8) is 0 Å². The van der Waals surface area contributed by atoms with Gasteiger partial charge >= 0.3 is 12.4 Å². The molecule has 26 heavy (non-hydrogen) atoms. The Bertz CT molecular complexity index is 810. The summed E-state index contributed by atoms with van der Waals surface area (Å²) in [5.41, 5.74) is -8.05. The molecule has 0 saturated heterocycles. The fourth-order valence-corrected chi connectivity index (χ4v) is 2.21. The minimum absolute atomic E-state index is 0.130. The Labute approximate surface area is 141 Å². The van der Waals surface area contributed by atoms with Gasteiger partial charge in [0.2, 0.25) is 0 Å². The molecule has 0 heterocycles. The summed E-state index contributed by atoms with van der Waals surface area (Å²) < 4.78 is 77.8. The number of phenols is 2. The summed E-state index contributed by atoms with van der Waals surface area (Å²) in [6.45, 7) is 0. The minimum atomic E-state index is -6.21. The summed E-state index contributed by atoms with van der Waals surface area (Å²) in [5, 5.41) is 28.0. The molecule has 2 aromatic carbocycles. The molecule has 0 amide bonds. The maximum absolute atomic E-state index is 13.0. The highest BCUT2D eigenvalue weighted by Crippen LogP contribution is 2.52. The van der Waals surface area contributed by atoms with E-state index in [1.807, 2.05) is 0 Å². The fourth-order valence-electron chi connectivity index (χ4n) is 2.21. The molecule has 140 valence electrons. The quantitative estimate of drug-likeness (QED) is 0.561. The van der Waals surface area contributed by atoms with Gasteiger partial charge in [-0.05, 0) is 42.5 Å². The van der Waals surface area contributed by atoms with Gasteiger partial charge in [0.15, 0.2) is 5.78 Å². The van der Waals surface area contributed by atoms with Crippen LogP contribution in [0.4, 0.5) is 26.3 Å². The van der Waals surface area contributed by atoms with E-state index in [0.29, 0.717) is 6.07 Å². The number of aromatic hydroxyl groups is 2. The van der Waals surface area contributed by atoms with E-state index in [1.54, 1.807) is 0 Å². The zero-order valence-electron chi connectivity index (χ0n) is 12.6. The van der Waals surface area contributed by atoms with Crippen LogP contribution < -0.4 is 0 Å². The van der Waals surface area contributed by atoms with Crippen LogP contribution in [0.5, 0.6) is 11.5 Å². The van der Waals surface area contributed by atoms with Crippen molar-refractivity contribution < 1.29 is 46.5 Å². The monoisotopic (exact) mass is 380 g/mol. The van der Waals surface area contributed by atoms with E-state index < -0.39 is 40.6 Å². The number of ketones is 1. The number of halogens is 6. The van der Waals surface area contributed by atoms with Crippen LogP contribution in [0.1, 0.15) is 21.5 Å². The zero-order valence-corrected chi connectivity index (χ0v) is 12.6. The number of hydrogen-bond acceptors (Lipinski definition) is 4. The molecule has 0 aliphatic heterocycles. The van der Waals surface area contributed by atoms with Gasteiger partial charge < -0.3 is 15.3 Å². The van der Waals surface area contributed by atoms with E-state index in [-0.39, 0.29) is 17.4 Å². The van der Waals surface area contributed by atoms with E-state index in [9.17, 15) is 41.4 Å². The number of phenolic OH excluding ortho intramolecular Hbond substituents is 2. The van der Waals surface area contributed by atoms with E-state index in [2.05, 4.69) is 0 Å². The molecule has 10 heteroatoms. The lowest BCUT2D eigenvalue weighted by molar-refractivity contribution is -0.376. The van der Waals surface area contributed by atoms with Gasteiger partial charge in [0.1, 0.15) is 11.5 Å². The summed E-state index contributed by atoms with van der Waals surface area (Å²) in [7, 11) is 0. The third-order valence-electron chi connectivity index (χ3n) is 3.60. The minimum Gasteiger partial charge on any atom is -0.508 e. The Kier molecular flexibility index (Phi) is 4.67. The van der Waals surface area contributed by atoms with Crippen LogP contribution in [0.2, 0.25) is 0 Å². The molecule has 4 nitrogen and oxygen atoms in total. The Morgan fingerprint density at radius 3 is 1.69 bits per heavy atom. The average molecular weight is 380 g/mol. The van der Waals surface area contributed by atoms with Crippen molar-refractivity contribution in [2.24, 2.45) is 0 Å². The van der Waals surface area contributed by atoms with Crippen LogP contribution in [0, 0.1) is 0 Å². The molecule has 2 rings (SSSR count). The van der Waals surface area contributed by atoms with Gasteiger partial charge in [-0.25, -0.2) is 0 Å². The lowest BCUT2D eigenvalue weighted by Crippen LogP contribution is -2.54. The number of hydrogen-bond donors (Lipinski definition) is 3. The largest absolute Gasteiger partial charge is 0.508 e. The van der Waals surface area contributed by atoms with Crippen molar-refractivity contribution in [3.05, 3.63) is 59.2 Å². The predicted molar refractivity (Wildman–Crippen MR) is 75.7 cm³/mol. The molecule has 0 radical (unpaired) electrons. The Morgan fingerprint density at radius 1 is 0.769 bits per heavy atom. The van der Waals surface area contributed by atoms with Crippen LogP contribution >= 0.6 is 0 Å². The number of benzene rings is 2. The second-order valence-electron chi connectivity index (χ2n) is 5.31. The molecule has 0 spiro atoms. The topological polar surface area (TPSA) is 77.8 Å². The molecule has 0 atom stereocenters. The molecular weight excluding hydrogens is 370 g/mol. The third-order valence-corrected chi connectivity index (χ3v) is 3.60. The molecule has 0 unspecified atom stereocenters. The lowest BCUT2D eigenvalue weighted by Gasteiger charge is -2.33. The second-order valence-corrected chi connectivity index (χ2v) is 5.31. The zero-order chi connectivity index (χ0) is 19.9. The van der Waals surface area contributed by atoms with Crippen molar-refractivity contribution >= 4 is 5.78 Å². The van der Waals surface area contributed by atoms with Crippen molar-refractivity contribution in [1.29, 1.82) is 0 Å². The first-order chi connectivity index (χ1) is 11.8. The number of rotatable bonds is 3. The Morgan fingerprint density at radius 2 is 1.23 bits per heavy atom. The summed E-state index contributed by atoms with van der Waals surface area (Å²) in [6.07, 6.45) is -12.4. The summed E-state index contributed by atoms with van der Waals surface area (Å²) in [5.74, 6) is -2.67. The van der Waals surface area contributed by atoms with Crippen LogP contribution in [0.15, 0.2) is 42.5 Å². The molecule has 0 bridgehead atoms. The van der Waals surface area contributed by atoms with Crippen LogP contribution in [0.3, 0.4) is 0 Å². The molecule has 0 aliphatic rings. The molecule has 0 aromatic heterocycles. The third kappa shape index (κ3) is 3.19. The van der Waals surface area contributed by atoms with E-state index in [4.69, 9.17) is 5.11 Å². The number of carbonyl (C=O) groups is 1. The summed E-state index contributed by atoms with van der Waals surface area (Å²) in [6, 6.07) is 5.78. The van der Waals surface area contributed by atoms with Crippen LogP contribution in [-0.4, -0.2) is 33.5 Å². The van der Waals surface area contributed by atoms with Crippen LogP contribution in [0.25, 0.3) is 0 Å². The highest BCUT2D eigenvalue weighted by atomic mass is 19.4. The molecule has 3 N–H and O–H groups in total.